The molecule has 0 atom stereocenters. The quantitative estimate of drug-likeness (QED) is 0.111. The van der Waals surface area contributed by atoms with Gasteiger partial charge < -0.3 is 14.2 Å². The van der Waals surface area contributed by atoms with Gasteiger partial charge in [0, 0.05) is 0 Å². The van der Waals surface area contributed by atoms with Gasteiger partial charge in [0.05, 0.1) is 19.1 Å². The van der Waals surface area contributed by atoms with Gasteiger partial charge in [0.25, 0.3) is 0 Å². The summed E-state index contributed by atoms with van der Waals surface area (Å²) in [4.78, 5) is 12.3. The minimum atomic E-state index is -0.0314. The van der Waals surface area contributed by atoms with Gasteiger partial charge in [-0.15, -0.1) is 0 Å². The van der Waals surface area contributed by atoms with E-state index in [0.717, 1.165) is 92.3 Å². The molecule has 0 aliphatic heterocycles. The number of carbonyl (C=O) groups excluding carboxylic acids is 1. The standard InChI is InChI=1S/C27H44O2.C21H30O2/c1-3-4-5-6-7-20-28-26-16-18-27(19-17-26)29-21-23-10-14-25(15-11-23)24-12-8-22(2)9-13-24;1-15-3-7-17(8-4-15)18-11-13-20(14-12-18)23-21(22)19-9-5-16(2)6-10-19/h16-19,22-25H,3-15,20-21H2,1-2H3;11-17,19H,3-10H2,1-2H3. The number of esters is 1. The van der Waals surface area contributed by atoms with E-state index in [0.29, 0.717) is 11.7 Å². The molecule has 4 fully saturated rings. The fraction of sp³-hybridized carbons (Fsp3) is 0.729. The summed E-state index contributed by atoms with van der Waals surface area (Å²) in [5.41, 5.74) is 1.41. The molecule has 0 aromatic heterocycles. The Morgan fingerprint density at radius 1 is 0.538 bits per heavy atom. The van der Waals surface area contributed by atoms with E-state index in [-0.39, 0.29) is 11.9 Å². The number of benzene rings is 2. The molecule has 0 N–H and O–H groups in total. The van der Waals surface area contributed by atoms with Crippen LogP contribution < -0.4 is 14.2 Å². The number of hydrogen-bond acceptors (Lipinski definition) is 4. The minimum Gasteiger partial charge on any atom is -0.494 e. The normalized spacial score (nSPS) is 29.3. The Bertz CT molecular complexity index is 1240. The molecule has 0 radical (unpaired) electrons. The van der Waals surface area contributed by atoms with E-state index >= 15 is 0 Å². The van der Waals surface area contributed by atoms with E-state index in [1.807, 2.05) is 12.1 Å². The molecule has 4 saturated carbocycles. The lowest BCUT2D eigenvalue weighted by molar-refractivity contribution is -0.140. The van der Waals surface area contributed by atoms with Crippen LogP contribution in [-0.2, 0) is 4.79 Å². The van der Waals surface area contributed by atoms with E-state index in [1.165, 1.54) is 108 Å². The summed E-state index contributed by atoms with van der Waals surface area (Å²) in [7, 11) is 0. The van der Waals surface area contributed by atoms with Crippen LogP contribution in [0.1, 0.15) is 174 Å². The average molecular weight is 715 g/mol. The van der Waals surface area contributed by atoms with Crippen molar-refractivity contribution in [3.05, 3.63) is 54.1 Å². The lowest BCUT2D eigenvalue weighted by atomic mass is 9.69. The molecule has 4 heteroatoms. The van der Waals surface area contributed by atoms with Crippen molar-refractivity contribution in [3.8, 4) is 17.2 Å². The Kier molecular flexibility index (Phi) is 17.2. The Hall–Kier alpha value is -2.49. The number of hydrogen-bond donors (Lipinski definition) is 0. The van der Waals surface area contributed by atoms with Crippen LogP contribution in [0.25, 0.3) is 0 Å². The van der Waals surface area contributed by atoms with Gasteiger partial charge in [-0.05, 0) is 167 Å². The summed E-state index contributed by atoms with van der Waals surface area (Å²) in [5, 5.41) is 0. The third kappa shape index (κ3) is 13.7. The zero-order valence-corrected chi connectivity index (χ0v) is 33.6. The molecule has 2 aromatic carbocycles. The zero-order chi connectivity index (χ0) is 36.5. The fourth-order valence-electron chi connectivity index (χ4n) is 9.42. The van der Waals surface area contributed by atoms with Gasteiger partial charge in [-0.3, -0.25) is 4.79 Å². The molecule has 0 saturated heterocycles. The van der Waals surface area contributed by atoms with Crippen LogP contribution in [0.3, 0.4) is 0 Å². The van der Waals surface area contributed by atoms with Crippen LogP contribution in [0.5, 0.6) is 17.2 Å². The maximum absolute atomic E-state index is 12.3. The molecule has 0 spiro atoms. The van der Waals surface area contributed by atoms with Crippen molar-refractivity contribution in [2.75, 3.05) is 13.2 Å². The van der Waals surface area contributed by atoms with Gasteiger partial charge in [-0.25, -0.2) is 0 Å². The van der Waals surface area contributed by atoms with Gasteiger partial charge in [0.15, 0.2) is 0 Å². The van der Waals surface area contributed by atoms with Crippen LogP contribution in [0, 0.1) is 41.4 Å². The van der Waals surface area contributed by atoms with Crippen molar-refractivity contribution in [2.45, 2.75) is 168 Å². The van der Waals surface area contributed by atoms with E-state index in [4.69, 9.17) is 14.2 Å². The van der Waals surface area contributed by atoms with Gasteiger partial charge in [-0.2, -0.15) is 0 Å². The van der Waals surface area contributed by atoms with Crippen molar-refractivity contribution >= 4 is 5.97 Å². The highest BCUT2D eigenvalue weighted by Crippen LogP contribution is 2.41. The molecule has 0 bridgehead atoms. The monoisotopic (exact) mass is 715 g/mol. The third-order valence-electron chi connectivity index (χ3n) is 13.4. The highest BCUT2D eigenvalue weighted by atomic mass is 16.5. The van der Waals surface area contributed by atoms with Gasteiger partial charge >= 0.3 is 5.97 Å². The first-order valence-corrected chi connectivity index (χ1v) is 22.0. The zero-order valence-electron chi connectivity index (χ0n) is 33.6. The first-order valence-electron chi connectivity index (χ1n) is 22.0. The fourth-order valence-corrected chi connectivity index (χ4v) is 9.42. The topological polar surface area (TPSA) is 44.8 Å². The van der Waals surface area contributed by atoms with Crippen molar-refractivity contribution in [3.63, 3.8) is 0 Å². The molecule has 0 unspecified atom stereocenters. The van der Waals surface area contributed by atoms with Crippen LogP contribution in [0.4, 0.5) is 0 Å². The Balaban J connectivity index is 0.000000206. The second-order valence-electron chi connectivity index (χ2n) is 17.7. The molecular formula is C48H74O4. The van der Waals surface area contributed by atoms with Gasteiger partial charge in [0.1, 0.15) is 17.2 Å². The summed E-state index contributed by atoms with van der Waals surface area (Å²) in [5.74, 6) is 8.80. The smallest absolute Gasteiger partial charge is 0.314 e. The predicted molar refractivity (Wildman–Crippen MR) is 216 cm³/mol. The summed E-state index contributed by atoms with van der Waals surface area (Å²) in [6.07, 6.45) is 27.4. The summed E-state index contributed by atoms with van der Waals surface area (Å²) in [6, 6.07) is 16.5. The maximum Gasteiger partial charge on any atom is 0.314 e. The largest absolute Gasteiger partial charge is 0.494 e. The number of carbonyl (C=O) groups is 1. The first-order chi connectivity index (χ1) is 25.4. The Labute approximate surface area is 318 Å². The van der Waals surface area contributed by atoms with E-state index in [2.05, 4.69) is 64.1 Å². The first kappa shape index (κ1) is 40.7. The molecule has 4 nitrogen and oxygen atoms in total. The third-order valence-corrected chi connectivity index (χ3v) is 13.4. The van der Waals surface area contributed by atoms with Crippen LogP contribution >= 0.6 is 0 Å². The second kappa shape index (κ2) is 22.0. The Morgan fingerprint density at radius 2 is 1.02 bits per heavy atom. The Morgan fingerprint density at radius 3 is 1.60 bits per heavy atom. The van der Waals surface area contributed by atoms with Gasteiger partial charge in [0.2, 0.25) is 0 Å². The highest BCUT2D eigenvalue weighted by molar-refractivity contribution is 5.75. The molecular weight excluding hydrogens is 641 g/mol. The lowest BCUT2D eigenvalue weighted by Crippen LogP contribution is -2.27. The van der Waals surface area contributed by atoms with Crippen molar-refractivity contribution in [1.82, 2.24) is 0 Å². The van der Waals surface area contributed by atoms with Crippen molar-refractivity contribution in [2.24, 2.45) is 41.4 Å². The molecule has 4 aliphatic carbocycles. The van der Waals surface area contributed by atoms with E-state index in [9.17, 15) is 4.79 Å². The van der Waals surface area contributed by atoms with Crippen molar-refractivity contribution in [1.29, 1.82) is 0 Å². The van der Waals surface area contributed by atoms with Crippen LogP contribution in [-0.4, -0.2) is 19.2 Å². The minimum absolute atomic E-state index is 0.0314. The molecule has 0 heterocycles. The molecule has 290 valence electrons. The van der Waals surface area contributed by atoms with Crippen LogP contribution in [0.15, 0.2) is 48.5 Å². The molecule has 52 heavy (non-hydrogen) atoms. The van der Waals surface area contributed by atoms with Crippen LogP contribution in [0.2, 0.25) is 0 Å². The second-order valence-corrected chi connectivity index (χ2v) is 17.7. The van der Waals surface area contributed by atoms with Gasteiger partial charge in [-0.1, -0.05) is 91.2 Å². The number of rotatable bonds is 14. The summed E-state index contributed by atoms with van der Waals surface area (Å²) >= 11 is 0. The number of unbranched alkanes of at least 4 members (excludes halogenated alkanes) is 4. The molecule has 0 amide bonds. The summed E-state index contributed by atoms with van der Waals surface area (Å²) < 4.78 is 17.6. The SMILES string of the molecule is CC1CCC(C(=O)Oc2ccc(C3CCC(C)CC3)cc2)CC1.CCCCCCCOc1ccc(OCC2CCC(C3CCC(C)CC3)CC2)cc1. The summed E-state index contributed by atoms with van der Waals surface area (Å²) in [6.45, 7) is 11.0. The maximum atomic E-state index is 12.3. The lowest BCUT2D eigenvalue weighted by Gasteiger charge is -2.37. The van der Waals surface area contributed by atoms with Crippen molar-refractivity contribution < 1.29 is 19.0 Å². The average Bonchev–Trinajstić information content (AvgIpc) is 3.17. The predicted octanol–water partition coefficient (Wildman–Crippen LogP) is 13.8. The number of ether oxygens (including phenoxy) is 3. The van der Waals surface area contributed by atoms with E-state index in [1.54, 1.807) is 0 Å². The molecule has 6 rings (SSSR count). The molecule has 2 aromatic rings. The highest BCUT2D eigenvalue weighted by Gasteiger charge is 2.30. The molecule has 4 aliphatic rings. The van der Waals surface area contributed by atoms with E-state index < -0.39 is 0 Å².